The van der Waals surface area contributed by atoms with Crippen LogP contribution in [0.2, 0.25) is 0 Å². The number of anilines is 1. The highest BCUT2D eigenvalue weighted by Gasteiger charge is 2.18. The van der Waals surface area contributed by atoms with E-state index in [1.807, 2.05) is 0 Å². The van der Waals surface area contributed by atoms with Crippen LogP contribution in [-0.2, 0) is 10.0 Å². The Labute approximate surface area is 101 Å². The van der Waals surface area contributed by atoms with Crippen molar-refractivity contribution in [1.82, 2.24) is 9.97 Å². The Morgan fingerprint density at radius 3 is 2.71 bits per heavy atom. The minimum absolute atomic E-state index is 0.0685. The van der Waals surface area contributed by atoms with Gasteiger partial charge in [-0.2, -0.15) is 12.8 Å². The Hall–Kier alpha value is -1.54. The average Bonchev–Trinajstić information content (AvgIpc) is 2.65. The highest BCUT2D eigenvalue weighted by atomic mass is 32.2. The lowest BCUT2D eigenvalue weighted by molar-refractivity contribution is 0.584. The molecule has 0 amide bonds. The summed E-state index contributed by atoms with van der Waals surface area (Å²) in [5.74, 6) is -0.821. The Bertz CT molecular complexity index is 639. The normalized spacial score (nSPS) is 11.4. The SMILES string of the molecule is Cc1csc(S(=O)(=O)Nc2cccc(F)n2)n1. The zero-order valence-corrected chi connectivity index (χ0v) is 10.3. The number of rotatable bonds is 3. The first-order valence-corrected chi connectivity index (χ1v) is 6.91. The van der Waals surface area contributed by atoms with E-state index in [0.29, 0.717) is 5.69 Å². The number of aromatic nitrogens is 2. The molecule has 2 aromatic heterocycles. The van der Waals surface area contributed by atoms with Gasteiger partial charge in [-0.3, -0.25) is 4.72 Å². The lowest BCUT2D eigenvalue weighted by Crippen LogP contribution is -2.14. The van der Waals surface area contributed by atoms with Gasteiger partial charge in [-0.1, -0.05) is 6.07 Å². The molecule has 0 saturated carbocycles. The van der Waals surface area contributed by atoms with Gasteiger partial charge in [0, 0.05) is 11.1 Å². The van der Waals surface area contributed by atoms with Crippen molar-refractivity contribution in [2.75, 3.05) is 4.72 Å². The van der Waals surface area contributed by atoms with Gasteiger partial charge >= 0.3 is 0 Å². The highest BCUT2D eigenvalue weighted by molar-refractivity contribution is 7.94. The van der Waals surface area contributed by atoms with E-state index in [1.165, 1.54) is 12.1 Å². The second-order valence-electron chi connectivity index (χ2n) is 3.21. The fourth-order valence-corrected chi connectivity index (χ4v) is 3.14. The first kappa shape index (κ1) is 11.9. The second kappa shape index (κ2) is 4.38. The summed E-state index contributed by atoms with van der Waals surface area (Å²) in [5, 5.41) is 1.62. The minimum atomic E-state index is -3.78. The van der Waals surface area contributed by atoms with Crippen LogP contribution in [0.5, 0.6) is 0 Å². The first-order valence-electron chi connectivity index (χ1n) is 4.55. The van der Waals surface area contributed by atoms with Crippen molar-refractivity contribution in [3.63, 3.8) is 0 Å². The van der Waals surface area contributed by atoms with Gasteiger partial charge in [-0.05, 0) is 19.1 Å². The molecule has 90 valence electrons. The van der Waals surface area contributed by atoms with Crippen molar-refractivity contribution < 1.29 is 12.8 Å². The molecule has 0 saturated heterocycles. The Morgan fingerprint density at radius 1 is 1.35 bits per heavy atom. The van der Waals surface area contributed by atoms with Crippen LogP contribution in [0.4, 0.5) is 10.2 Å². The molecule has 0 aromatic carbocycles. The lowest BCUT2D eigenvalue weighted by atomic mass is 10.5. The smallest absolute Gasteiger partial charge is 0.261 e. The van der Waals surface area contributed by atoms with Crippen molar-refractivity contribution in [1.29, 1.82) is 0 Å². The third kappa shape index (κ3) is 2.77. The number of hydrogen-bond acceptors (Lipinski definition) is 5. The number of nitrogens with one attached hydrogen (secondary N) is 1. The van der Waals surface area contributed by atoms with E-state index in [4.69, 9.17) is 0 Å². The molecule has 2 rings (SSSR count). The number of thiazole rings is 1. The number of pyridine rings is 1. The van der Waals surface area contributed by atoms with Gasteiger partial charge in [0.25, 0.3) is 10.0 Å². The predicted molar refractivity (Wildman–Crippen MR) is 61.9 cm³/mol. The molecular formula is C9H8FN3O2S2. The molecule has 17 heavy (non-hydrogen) atoms. The molecule has 0 fully saturated rings. The fourth-order valence-electron chi connectivity index (χ4n) is 1.10. The van der Waals surface area contributed by atoms with Crippen LogP contribution < -0.4 is 4.72 Å². The number of nitrogens with zero attached hydrogens (tertiary/aromatic N) is 2. The number of halogens is 1. The summed E-state index contributed by atoms with van der Waals surface area (Å²) in [4.78, 5) is 7.26. The van der Waals surface area contributed by atoms with Gasteiger partial charge < -0.3 is 0 Å². The third-order valence-corrected chi connectivity index (χ3v) is 4.51. The zero-order chi connectivity index (χ0) is 12.5. The van der Waals surface area contributed by atoms with E-state index >= 15 is 0 Å². The Balaban J connectivity index is 2.29. The highest BCUT2D eigenvalue weighted by Crippen LogP contribution is 2.18. The molecule has 2 heterocycles. The standard InChI is InChI=1S/C9H8FN3O2S2/c1-6-5-16-9(11-6)17(14,15)13-8-4-2-3-7(10)12-8/h2-5H,1H3,(H,12,13). The maximum Gasteiger partial charge on any atom is 0.290 e. The Morgan fingerprint density at radius 2 is 2.12 bits per heavy atom. The molecule has 5 nitrogen and oxygen atoms in total. The van der Waals surface area contributed by atoms with E-state index in [-0.39, 0.29) is 10.2 Å². The topological polar surface area (TPSA) is 72.0 Å². The summed E-state index contributed by atoms with van der Waals surface area (Å²) >= 11 is 0.997. The molecular weight excluding hydrogens is 265 g/mol. The summed E-state index contributed by atoms with van der Waals surface area (Å²) < 4.78 is 38.5. The molecule has 0 aliphatic heterocycles. The molecule has 2 aromatic rings. The van der Waals surface area contributed by atoms with Crippen molar-refractivity contribution >= 4 is 27.2 Å². The summed E-state index contributed by atoms with van der Waals surface area (Å²) in [6, 6.07) is 3.86. The zero-order valence-electron chi connectivity index (χ0n) is 8.71. The Kier molecular flexibility index (Phi) is 3.07. The number of sulfonamides is 1. The summed E-state index contributed by atoms with van der Waals surface area (Å²) in [7, 11) is -3.78. The van der Waals surface area contributed by atoms with Gasteiger partial charge in [-0.15, -0.1) is 11.3 Å². The molecule has 0 aliphatic carbocycles. The van der Waals surface area contributed by atoms with Gasteiger partial charge in [-0.25, -0.2) is 9.97 Å². The van der Waals surface area contributed by atoms with E-state index in [0.717, 1.165) is 17.4 Å². The van der Waals surface area contributed by atoms with E-state index in [1.54, 1.807) is 12.3 Å². The van der Waals surface area contributed by atoms with Crippen LogP contribution in [0.3, 0.4) is 0 Å². The molecule has 0 bridgehead atoms. The lowest BCUT2D eigenvalue weighted by Gasteiger charge is -2.03. The van der Waals surface area contributed by atoms with Crippen LogP contribution in [0, 0.1) is 12.9 Å². The molecule has 0 atom stereocenters. The predicted octanol–water partition coefficient (Wildman–Crippen LogP) is 1.79. The van der Waals surface area contributed by atoms with Crippen molar-refractivity contribution in [2.45, 2.75) is 11.3 Å². The van der Waals surface area contributed by atoms with Gasteiger partial charge in [0.2, 0.25) is 10.3 Å². The fraction of sp³-hybridized carbons (Fsp3) is 0.111. The third-order valence-electron chi connectivity index (χ3n) is 1.78. The quantitative estimate of drug-likeness (QED) is 0.865. The summed E-state index contributed by atoms with van der Waals surface area (Å²) in [6.07, 6.45) is 0. The first-order chi connectivity index (χ1) is 7.97. The number of aryl methyl sites for hydroxylation is 1. The minimum Gasteiger partial charge on any atom is -0.261 e. The average molecular weight is 273 g/mol. The maximum absolute atomic E-state index is 12.8. The molecule has 0 unspecified atom stereocenters. The van der Waals surface area contributed by atoms with Crippen LogP contribution in [0.1, 0.15) is 5.69 Å². The molecule has 0 spiro atoms. The van der Waals surface area contributed by atoms with Crippen LogP contribution >= 0.6 is 11.3 Å². The van der Waals surface area contributed by atoms with Gasteiger partial charge in [0.05, 0.1) is 0 Å². The van der Waals surface area contributed by atoms with Gasteiger partial charge in [0.15, 0.2) is 0 Å². The van der Waals surface area contributed by atoms with Crippen LogP contribution in [0.25, 0.3) is 0 Å². The maximum atomic E-state index is 12.8. The van der Waals surface area contributed by atoms with Crippen molar-refractivity contribution in [2.24, 2.45) is 0 Å². The largest absolute Gasteiger partial charge is 0.290 e. The molecule has 0 radical (unpaired) electrons. The second-order valence-corrected chi connectivity index (χ2v) is 5.92. The monoisotopic (exact) mass is 273 g/mol. The van der Waals surface area contributed by atoms with Crippen molar-refractivity contribution in [3.8, 4) is 0 Å². The van der Waals surface area contributed by atoms with E-state index < -0.39 is 16.0 Å². The molecule has 8 heteroatoms. The summed E-state index contributed by atoms with van der Waals surface area (Å²) in [6.45, 7) is 1.69. The molecule has 0 aliphatic rings. The van der Waals surface area contributed by atoms with Gasteiger partial charge in [0.1, 0.15) is 5.82 Å². The van der Waals surface area contributed by atoms with E-state index in [9.17, 15) is 12.8 Å². The summed E-state index contributed by atoms with van der Waals surface area (Å²) in [5.41, 5.74) is 0.613. The van der Waals surface area contributed by atoms with E-state index in [2.05, 4.69) is 14.7 Å². The number of hydrogen-bond donors (Lipinski definition) is 1. The van der Waals surface area contributed by atoms with Crippen LogP contribution in [-0.4, -0.2) is 18.4 Å². The molecule has 1 N–H and O–H groups in total. The van der Waals surface area contributed by atoms with Crippen molar-refractivity contribution in [3.05, 3.63) is 35.2 Å². The van der Waals surface area contributed by atoms with Crippen LogP contribution in [0.15, 0.2) is 27.9 Å².